The van der Waals surface area contributed by atoms with Crippen molar-refractivity contribution in [1.29, 1.82) is 0 Å². The molecule has 0 aliphatic heterocycles. The summed E-state index contributed by atoms with van der Waals surface area (Å²) >= 11 is 0. The van der Waals surface area contributed by atoms with Crippen LogP contribution in [0, 0.1) is 0 Å². The quantitative estimate of drug-likeness (QED) is 0.0320. The second-order valence-electron chi connectivity index (χ2n) is 24.9. The van der Waals surface area contributed by atoms with Crippen molar-refractivity contribution in [2.45, 2.75) is 418 Å². The molecule has 468 valence electrons. The number of esters is 1. The van der Waals surface area contributed by atoms with E-state index in [-0.39, 0.29) is 18.5 Å². The summed E-state index contributed by atoms with van der Waals surface area (Å²) in [6.07, 6.45) is 86.5. The Labute approximate surface area is 494 Å². The average molecular weight is 1110 g/mol. The number of hydrogen-bond acceptors (Lipinski definition) is 5. The summed E-state index contributed by atoms with van der Waals surface area (Å²) in [5.74, 6) is -0.0344. The number of carbonyl (C=O) groups is 2. The minimum Gasteiger partial charge on any atom is -0.466 e. The van der Waals surface area contributed by atoms with Gasteiger partial charge in [-0.05, 0) is 77.0 Å². The molecule has 1 amide bonds. The number of aliphatic hydroxyl groups excluding tert-OH is 2. The van der Waals surface area contributed by atoms with Crippen LogP contribution >= 0.6 is 0 Å². The minimum absolute atomic E-state index is 0.00453. The van der Waals surface area contributed by atoms with Crippen molar-refractivity contribution in [2.75, 3.05) is 13.2 Å². The molecule has 6 nitrogen and oxygen atoms in total. The fourth-order valence-electron chi connectivity index (χ4n) is 11.5. The van der Waals surface area contributed by atoms with Crippen LogP contribution in [0.3, 0.4) is 0 Å². The number of rotatable bonds is 68. The van der Waals surface area contributed by atoms with Crippen LogP contribution in [-0.2, 0) is 14.3 Å². The first kappa shape index (κ1) is 77.3. The van der Waals surface area contributed by atoms with Gasteiger partial charge in [-0.3, -0.25) is 9.59 Å². The second-order valence-corrected chi connectivity index (χ2v) is 24.9. The van der Waals surface area contributed by atoms with Crippen LogP contribution in [0.4, 0.5) is 0 Å². The lowest BCUT2D eigenvalue weighted by Gasteiger charge is -2.22. The van der Waals surface area contributed by atoms with Gasteiger partial charge in [0.25, 0.3) is 0 Å². The third-order valence-corrected chi connectivity index (χ3v) is 17.0. The van der Waals surface area contributed by atoms with E-state index < -0.39 is 12.1 Å². The van der Waals surface area contributed by atoms with Crippen LogP contribution < -0.4 is 5.32 Å². The molecule has 6 heteroatoms. The number of ether oxygens (including phenoxy) is 1. The van der Waals surface area contributed by atoms with Crippen LogP contribution in [0.25, 0.3) is 0 Å². The van der Waals surface area contributed by atoms with E-state index in [9.17, 15) is 19.8 Å². The molecule has 0 aromatic rings. The summed E-state index contributed by atoms with van der Waals surface area (Å²) in [5, 5.41) is 23.4. The lowest BCUT2D eigenvalue weighted by atomic mass is 10.0. The highest BCUT2D eigenvalue weighted by molar-refractivity contribution is 5.76. The van der Waals surface area contributed by atoms with Crippen molar-refractivity contribution < 1.29 is 24.5 Å². The van der Waals surface area contributed by atoms with Crippen LogP contribution in [0.1, 0.15) is 406 Å². The molecule has 0 fully saturated rings. The largest absolute Gasteiger partial charge is 0.466 e. The van der Waals surface area contributed by atoms with Gasteiger partial charge >= 0.3 is 5.97 Å². The standard InChI is InChI=1S/C73H141NO5/c1-3-5-7-9-11-13-15-17-19-21-23-24-25-26-27-30-33-37-41-45-49-53-57-61-65-71(76)70(69-75)74-72(77)66-62-58-54-50-46-42-38-34-31-28-29-32-36-40-44-48-52-56-60-64-68-79-73(78)67-63-59-55-51-47-43-39-35-22-20-18-16-14-12-10-8-6-4-2/h20,22,28,31,70-71,75-76H,3-19,21,23-27,29-30,32-69H2,1-2H3,(H,74,77)/b22-20-,31-28-. The monoisotopic (exact) mass is 1110 g/mol. The average Bonchev–Trinajstić information content (AvgIpc) is 3.45. The molecule has 0 bridgehead atoms. The van der Waals surface area contributed by atoms with E-state index in [4.69, 9.17) is 4.74 Å². The Morgan fingerprint density at radius 1 is 0.342 bits per heavy atom. The van der Waals surface area contributed by atoms with Crippen LogP contribution in [0.2, 0.25) is 0 Å². The van der Waals surface area contributed by atoms with Gasteiger partial charge in [0, 0.05) is 12.8 Å². The van der Waals surface area contributed by atoms with E-state index >= 15 is 0 Å². The molecule has 0 rings (SSSR count). The fourth-order valence-corrected chi connectivity index (χ4v) is 11.5. The van der Waals surface area contributed by atoms with Gasteiger partial charge in [0.15, 0.2) is 0 Å². The molecular weight excluding hydrogens is 971 g/mol. The first-order chi connectivity index (χ1) is 39.0. The summed E-state index contributed by atoms with van der Waals surface area (Å²) < 4.78 is 5.50. The maximum absolute atomic E-state index is 12.6. The van der Waals surface area contributed by atoms with E-state index in [1.807, 2.05) is 0 Å². The van der Waals surface area contributed by atoms with E-state index in [1.165, 1.54) is 327 Å². The van der Waals surface area contributed by atoms with Gasteiger partial charge in [-0.25, -0.2) is 0 Å². The molecule has 3 N–H and O–H groups in total. The van der Waals surface area contributed by atoms with Crippen LogP contribution in [0.5, 0.6) is 0 Å². The van der Waals surface area contributed by atoms with Gasteiger partial charge in [0.05, 0.1) is 25.4 Å². The van der Waals surface area contributed by atoms with Crippen molar-refractivity contribution in [3.63, 3.8) is 0 Å². The summed E-state index contributed by atoms with van der Waals surface area (Å²) in [7, 11) is 0. The van der Waals surface area contributed by atoms with Gasteiger partial charge < -0.3 is 20.3 Å². The molecule has 0 radical (unpaired) electrons. The zero-order valence-electron chi connectivity index (χ0n) is 53.6. The van der Waals surface area contributed by atoms with Crippen molar-refractivity contribution in [2.24, 2.45) is 0 Å². The zero-order chi connectivity index (χ0) is 57.1. The summed E-state index contributed by atoms with van der Waals surface area (Å²) in [6.45, 7) is 4.98. The molecular formula is C73H141NO5. The Morgan fingerprint density at radius 3 is 0.899 bits per heavy atom. The SMILES string of the molecule is CCCCCCCCC/C=C\CCCCCCCCCC(=O)OCCCCCCCCCCC/C=C\CCCCCCCCCC(=O)NC(CO)C(O)CCCCCCCCCCCCCCCCCCCCCCCCCC. The summed E-state index contributed by atoms with van der Waals surface area (Å²) in [6, 6.07) is -0.550. The van der Waals surface area contributed by atoms with Crippen molar-refractivity contribution in [1.82, 2.24) is 5.32 Å². The molecule has 0 aromatic heterocycles. The van der Waals surface area contributed by atoms with Crippen LogP contribution in [-0.4, -0.2) is 47.4 Å². The van der Waals surface area contributed by atoms with Crippen molar-refractivity contribution in [3.05, 3.63) is 24.3 Å². The predicted molar refractivity (Wildman–Crippen MR) is 347 cm³/mol. The third-order valence-electron chi connectivity index (χ3n) is 17.0. The predicted octanol–water partition coefficient (Wildman–Crippen LogP) is 23.3. The summed E-state index contributed by atoms with van der Waals surface area (Å²) in [4.78, 5) is 24.7. The molecule has 0 aliphatic rings. The number of nitrogens with one attached hydrogen (secondary N) is 1. The number of allylic oxidation sites excluding steroid dienone is 4. The smallest absolute Gasteiger partial charge is 0.305 e. The van der Waals surface area contributed by atoms with Crippen molar-refractivity contribution in [3.8, 4) is 0 Å². The maximum Gasteiger partial charge on any atom is 0.305 e. The minimum atomic E-state index is -0.672. The summed E-state index contributed by atoms with van der Waals surface area (Å²) in [5.41, 5.74) is 0. The molecule has 0 saturated heterocycles. The molecule has 0 heterocycles. The Balaban J connectivity index is 3.42. The van der Waals surface area contributed by atoms with Gasteiger partial charge in [0.1, 0.15) is 0 Å². The van der Waals surface area contributed by atoms with Gasteiger partial charge in [-0.15, -0.1) is 0 Å². The molecule has 0 spiro atoms. The van der Waals surface area contributed by atoms with E-state index in [1.54, 1.807) is 0 Å². The van der Waals surface area contributed by atoms with Gasteiger partial charge in [0.2, 0.25) is 5.91 Å². The van der Waals surface area contributed by atoms with Gasteiger partial charge in [-0.1, -0.05) is 340 Å². The van der Waals surface area contributed by atoms with Crippen LogP contribution in [0.15, 0.2) is 24.3 Å². The fraction of sp³-hybridized carbons (Fsp3) is 0.918. The Bertz CT molecular complexity index is 1230. The third kappa shape index (κ3) is 65.4. The number of unbranched alkanes of at least 4 members (excludes halogenated alkanes) is 53. The van der Waals surface area contributed by atoms with Gasteiger partial charge in [-0.2, -0.15) is 0 Å². The lowest BCUT2D eigenvalue weighted by Crippen LogP contribution is -2.45. The number of amides is 1. The van der Waals surface area contributed by atoms with Crippen molar-refractivity contribution >= 4 is 11.9 Å². The van der Waals surface area contributed by atoms with E-state index in [2.05, 4.69) is 43.5 Å². The highest BCUT2D eigenvalue weighted by Crippen LogP contribution is 2.19. The molecule has 0 aliphatic carbocycles. The number of hydrogen-bond donors (Lipinski definition) is 3. The Hall–Kier alpha value is -1.66. The second kappa shape index (κ2) is 68.8. The lowest BCUT2D eigenvalue weighted by molar-refractivity contribution is -0.143. The number of carbonyl (C=O) groups excluding carboxylic acids is 2. The molecule has 0 saturated carbocycles. The molecule has 79 heavy (non-hydrogen) atoms. The van der Waals surface area contributed by atoms with E-state index in [0.29, 0.717) is 25.9 Å². The molecule has 2 atom stereocenters. The normalized spacial score (nSPS) is 12.6. The Morgan fingerprint density at radius 2 is 0.595 bits per heavy atom. The van der Waals surface area contributed by atoms with E-state index in [0.717, 1.165) is 44.9 Å². The number of aliphatic hydroxyl groups is 2. The topological polar surface area (TPSA) is 95.9 Å². The zero-order valence-corrected chi connectivity index (χ0v) is 53.6. The molecule has 2 unspecified atom stereocenters. The maximum atomic E-state index is 12.6. The highest BCUT2D eigenvalue weighted by Gasteiger charge is 2.20. The first-order valence-corrected chi connectivity index (χ1v) is 36.1. The first-order valence-electron chi connectivity index (χ1n) is 36.1. The Kier molecular flexibility index (Phi) is 67.4. The molecule has 0 aromatic carbocycles. The highest BCUT2D eigenvalue weighted by atomic mass is 16.5.